The largest absolute Gasteiger partial charge is 0.490 e. The second-order valence-electron chi connectivity index (χ2n) is 11.8. The minimum Gasteiger partial charge on any atom is -0.490 e. The van der Waals surface area contributed by atoms with Gasteiger partial charge in [0, 0.05) is 35.5 Å². The van der Waals surface area contributed by atoms with Crippen molar-refractivity contribution in [1.29, 1.82) is 0 Å². The van der Waals surface area contributed by atoms with Gasteiger partial charge >= 0.3 is 5.97 Å². The van der Waals surface area contributed by atoms with E-state index < -0.39 is 27.7 Å². The van der Waals surface area contributed by atoms with E-state index in [-0.39, 0.29) is 6.54 Å². The van der Waals surface area contributed by atoms with Crippen LogP contribution in [0.25, 0.3) is 22.3 Å². The maximum atomic E-state index is 13.3. The molecule has 0 aliphatic carbocycles. The van der Waals surface area contributed by atoms with Crippen LogP contribution in [0.15, 0.2) is 24.4 Å². The summed E-state index contributed by atoms with van der Waals surface area (Å²) in [5, 5.41) is 14.0. The van der Waals surface area contributed by atoms with E-state index in [1.54, 1.807) is 40.0 Å². The van der Waals surface area contributed by atoms with Crippen molar-refractivity contribution >= 4 is 27.4 Å². The second-order valence-corrected chi connectivity index (χ2v) is 13.7. The SMILES string of the molecule is COc1cc2c(cn1)-c1c(C)c(-c3ccc4c(c3C)NCCO4)c([C@H](OC(C)(C)C)C(=O)O)c(C)c1N(S(C)(=O)=O)C2. The molecular weight excluding hydrogens is 558 g/mol. The Kier molecular flexibility index (Phi) is 7.39. The van der Waals surface area contributed by atoms with E-state index in [0.29, 0.717) is 47.0 Å². The van der Waals surface area contributed by atoms with E-state index in [0.717, 1.165) is 45.5 Å². The minimum atomic E-state index is -3.78. The number of anilines is 2. The topological polar surface area (TPSA) is 127 Å². The van der Waals surface area contributed by atoms with Crippen LogP contribution in [0.5, 0.6) is 11.6 Å². The lowest BCUT2D eigenvalue weighted by Crippen LogP contribution is -2.35. The molecule has 224 valence electrons. The van der Waals surface area contributed by atoms with Crippen molar-refractivity contribution < 1.29 is 32.5 Å². The molecule has 0 saturated heterocycles. The zero-order valence-electron chi connectivity index (χ0n) is 25.2. The highest BCUT2D eigenvalue weighted by Gasteiger charge is 2.39. The number of rotatable bonds is 6. The summed E-state index contributed by atoms with van der Waals surface area (Å²) < 4.78 is 45.4. The number of nitrogens with zero attached hydrogens (tertiary/aromatic N) is 2. The maximum absolute atomic E-state index is 13.3. The highest BCUT2D eigenvalue weighted by Crippen LogP contribution is 2.53. The third kappa shape index (κ3) is 5.05. The van der Waals surface area contributed by atoms with Crippen LogP contribution in [0, 0.1) is 20.8 Å². The third-order valence-corrected chi connectivity index (χ3v) is 8.85. The molecule has 11 heteroatoms. The number of fused-ring (bicyclic) bond motifs is 4. The molecule has 2 aliphatic heterocycles. The van der Waals surface area contributed by atoms with Crippen LogP contribution in [-0.2, 0) is 26.1 Å². The zero-order valence-corrected chi connectivity index (χ0v) is 26.0. The summed E-state index contributed by atoms with van der Waals surface area (Å²) in [6.07, 6.45) is 1.47. The first-order valence-corrected chi connectivity index (χ1v) is 15.6. The van der Waals surface area contributed by atoms with Crippen LogP contribution in [0.3, 0.4) is 0 Å². The zero-order chi connectivity index (χ0) is 30.7. The Morgan fingerprint density at radius 3 is 2.45 bits per heavy atom. The number of methoxy groups -OCH3 is 1. The molecule has 0 radical (unpaired) electrons. The highest BCUT2D eigenvalue weighted by molar-refractivity contribution is 7.92. The molecule has 2 aliphatic rings. The van der Waals surface area contributed by atoms with Crippen LogP contribution < -0.4 is 19.1 Å². The molecule has 1 aromatic heterocycles. The van der Waals surface area contributed by atoms with Gasteiger partial charge in [-0.15, -0.1) is 0 Å². The number of sulfonamides is 1. The van der Waals surface area contributed by atoms with Gasteiger partial charge in [-0.25, -0.2) is 18.2 Å². The number of ether oxygens (including phenoxy) is 3. The van der Waals surface area contributed by atoms with E-state index in [2.05, 4.69) is 10.3 Å². The summed E-state index contributed by atoms with van der Waals surface area (Å²) in [6.45, 7) is 12.3. The van der Waals surface area contributed by atoms with Gasteiger partial charge in [-0.1, -0.05) is 6.07 Å². The molecule has 0 unspecified atom stereocenters. The Bertz CT molecular complexity index is 1710. The molecule has 0 amide bonds. The number of benzene rings is 2. The fourth-order valence-corrected chi connectivity index (χ4v) is 6.94. The Labute approximate surface area is 246 Å². The van der Waals surface area contributed by atoms with Crippen molar-refractivity contribution in [2.24, 2.45) is 0 Å². The van der Waals surface area contributed by atoms with E-state index >= 15 is 0 Å². The van der Waals surface area contributed by atoms with Crippen LogP contribution in [0.1, 0.15) is 54.7 Å². The summed E-state index contributed by atoms with van der Waals surface area (Å²) in [6, 6.07) is 5.55. The Balaban J connectivity index is 1.96. The van der Waals surface area contributed by atoms with Gasteiger partial charge in [-0.05, 0) is 81.0 Å². The molecular formula is C31H37N3O7S. The number of carboxylic acids is 1. The van der Waals surface area contributed by atoms with Gasteiger partial charge in [0.25, 0.3) is 0 Å². The fourth-order valence-electron chi connectivity index (χ4n) is 6.00. The van der Waals surface area contributed by atoms with Crippen molar-refractivity contribution in [3.8, 4) is 33.9 Å². The van der Waals surface area contributed by atoms with E-state index in [1.165, 1.54) is 11.4 Å². The Morgan fingerprint density at radius 2 is 1.83 bits per heavy atom. The average molecular weight is 596 g/mol. The number of hydrogen-bond acceptors (Lipinski definition) is 8. The standard InChI is InChI=1S/C31H37N3O7S/c1-16-20(9-10-22-27(16)32-11-12-40-22)24-17(2)25-21-14-33-23(39-7)13-19(21)15-34(42(8,37)38)28(25)18(3)26(24)29(30(35)36)41-31(4,5)6/h9-10,13-14,29,32H,11-12,15H2,1-8H3,(H,35,36)/t29-/m0/s1. The van der Waals surface area contributed by atoms with Gasteiger partial charge in [-0.3, -0.25) is 4.31 Å². The molecule has 0 spiro atoms. The van der Waals surface area contributed by atoms with Crippen molar-refractivity contribution in [3.05, 3.63) is 52.2 Å². The number of carbonyl (C=O) groups is 1. The molecule has 0 saturated carbocycles. The predicted octanol–water partition coefficient (Wildman–Crippen LogP) is 5.37. The molecule has 3 heterocycles. The molecule has 2 aromatic carbocycles. The first-order valence-electron chi connectivity index (χ1n) is 13.7. The molecule has 0 fully saturated rings. The lowest BCUT2D eigenvalue weighted by Gasteiger charge is -2.37. The lowest BCUT2D eigenvalue weighted by molar-refractivity contribution is -0.160. The van der Waals surface area contributed by atoms with Gasteiger partial charge in [0.2, 0.25) is 15.9 Å². The maximum Gasteiger partial charge on any atom is 0.337 e. The fraction of sp³-hybridized carbons (Fsp3) is 0.419. The minimum absolute atomic E-state index is 0.0517. The van der Waals surface area contributed by atoms with Crippen molar-refractivity contribution in [1.82, 2.24) is 4.98 Å². The number of carboxylic acid groups (broad SMARTS) is 1. The summed E-state index contributed by atoms with van der Waals surface area (Å²) >= 11 is 0. The normalized spacial score (nSPS) is 15.1. The molecule has 2 N–H and O–H groups in total. The molecule has 5 rings (SSSR count). The van der Waals surface area contributed by atoms with E-state index in [4.69, 9.17) is 14.2 Å². The molecule has 42 heavy (non-hydrogen) atoms. The van der Waals surface area contributed by atoms with Crippen molar-refractivity contribution in [2.45, 2.75) is 59.8 Å². The van der Waals surface area contributed by atoms with Gasteiger partial charge in [0.15, 0.2) is 6.10 Å². The predicted molar refractivity (Wildman–Crippen MR) is 162 cm³/mol. The van der Waals surface area contributed by atoms with Crippen LogP contribution in [-0.4, -0.2) is 56.6 Å². The number of pyridine rings is 1. The number of nitrogens with one attached hydrogen (secondary N) is 1. The lowest BCUT2D eigenvalue weighted by atomic mass is 9.79. The molecule has 3 aromatic rings. The van der Waals surface area contributed by atoms with Gasteiger partial charge in [-0.2, -0.15) is 0 Å². The summed E-state index contributed by atoms with van der Waals surface area (Å²) in [5.41, 5.74) is 6.63. The van der Waals surface area contributed by atoms with Gasteiger partial charge in [0.05, 0.1) is 36.9 Å². The van der Waals surface area contributed by atoms with E-state index in [9.17, 15) is 18.3 Å². The third-order valence-electron chi connectivity index (χ3n) is 7.74. The van der Waals surface area contributed by atoms with Gasteiger partial charge in [0.1, 0.15) is 12.4 Å². The molecule has 1 atom stereocenters. The number of hydrogen-bond donors (Lipinski definition) is 2. The monoisotopic (exact) mass is 595 g/mol. The summed E-state index contributed by atoms with van der Waals surface area (Å²) in [5.74, 6) is -0.0702. The average Bonchev–Trinajstić information content (AvgIpc) is 2.92. The van der Waals surface area contributed by atoms with Crippen molar-refractivity contribution in [2.75, 3.05) is 36.1 Å². The highest BCUT2D eigenvalue weighted by atomic mass is 32.2. The van der Waals surface area contributed by atoms with Crippen molar-refractivity contribution in [3.63, 3.8) is 0 Å². The summed E-state index contributed by atoms with van der Waals surface area (Å²) in [7, 11) is -2.27. The second kappa shape index (κ2) is 10.5. The van der Waals surface area contributed by atoms with E-state index in [1.807, 2.05) is 26.0 Å². The van der Waals surface area contributed by atoms with Crippen LogP contribution >= 0.6 is 0 Å². The van der Waals surface area contributed by atoms with Crippen LogP contribution in [0.2, 0.25) is 0 Å². The quantitative estimate of drug-likeness (QED) is 0.386. The first-order chi connectivity index (χ1) is 19.6. The summed E-state index contributed by atoms with van der Waals surface area (Å²) in [4.78, 5) is 17.4. The van der Waals surface area contributed by atoms with Gasteiger partial charge < -0.3 is 24.6 Å². The Hall–Kier alpha value is -3.83. The number of aromatic nitrogens is 1. The molecule has 0 bridgehead atoms. The smallest absolute Gasteiger partial charge is 0.337 e. The molecule has 10 nitrogen and oxygen atoms in total. The Morgan fingerprint density at radius 1 is 1.12 bits per heavy atom. The van der Waals surface area contributed by atoms with Crippen LogP contribution in [0.4, 0.5) is 11.4 Å². The first kappa shape index (κ1) is 29.7. The number of aliphatic carboxylic acids is 1.